The summed E-state index contributed by atoms with van der Waals surface area (Å²) in [6.07, 6.45) is 1.55. The van der Waals surface area contributed by atoms with Crippen LogP contribution in [-0.4, -0.2) is 31.9 Å². The third kappa shape index (κ3) is 2.69. The number of fused-ring (bicyclic) bond motifs is 1. The van der Waals surface area contributed by atoms with Gasteiger partial charge in [-0.2, -0.15) is 0 Å². The number of phenols is 1. The molecule has 4 rings (SSSR count). The Morgan fingerprint density at radius 2 is 2.00 bits per heavy atom. The number of amides is 1. The van der Waals surface area contributed by atoms with Crippen molar-refractivity contribution in [1.29, 1.82) is 0 Å². The number of aliphatic hydroxyl groups is 1. The molecular formula is C19H14BrN3O4. The summed E-state index contributed by atoms with van der Waals surface area (Å²) in [6, 6.07) is 9.08. The number of phenolic OH excluding ortho intramolecular Hbond substituents is 1. The number of carbonyl (C=O) groups excluding carboxylic acids is 2. The number of benzene rings is 2. The number of hydrogen-bond donors (Lipinski definition) is 3. The van der Waals surface area contributed by atoms with Crippen LogP contribution in [0.5, 0.6) is 5.75 Å². The molecule has 136 valence electrons. The van der Waals surface area contributed by atoms with Crippen molar-refractivity contribution >= 4 is 44.3 Å². The Morgan fingerprint density at radius 3 is 2.70 bits per heavy atom. The monoisotopic (exact) mass is 427 g/mol. The lowest BCUT2D eigenvalue weighted by molar-refractivity contribution is -0.117. The van der Waals surface area contributed by atoms with Crippen LogP contribution in [0.1, 0.15) is 18.5 Å². The van der Waals surface area contributed by atoms with Gasteiger partial charge >= 0.3 is 0 Å². The summed E-state index contributed by atoms with van der Waals surface area (Å²) < 4.78 is 0.421. The summed E-state index contributed by atoms with van der Waals surface area (Å²) in [7, 11) is 0. The normalized spacial score (nSPS) is 17.2. The van der Waals surface area contributed by atoms with Gasteiger partial charge in [0.2, 0.25) is 0 Å². The zero-order valence-corrected chi connectivity index (χ0v) is 15.7. The van der Waals surface area contributed by atoms with Crippen LogP contribution in [0.3, 0.4) is 0 Å². The lowest BCUT2D eigenvalue weighted by Gasteiger charge is -2.27. The van der Waals surface area contributed by atoms with Gasteiger partial charge in [-0.15, -0.1) is 0 Å². The van der Waals surface area contributed by atoms with E-state index in [2.05, 4.69) is 25.9 Å². The smallest absolute Gasteiger partial charge is 0.294 e. The van der Waals surface area contributed by atoms with Gasteiger partial charge in [0.25, 0.3) is 5.91 Å². The van der Waals surface area contributed by atoms with Crippen LogP contribution in [0.4, 0.5) is 5.69 Å². The Kier molecular flexibility index (Phi) is 4.00. The minimum absolute atomic E-state index is 0.0136. The van der Waals surface area contributed by atoms with Crippen LogP contribution in [-0.2, 0) is 9.59 Å². The van der Waals surface area contributed by atoms with E-state index < -0.39 is 23.5 Å². The highest BCUT2D eigenvalue weighted by Gasteiger charge is 2.43. The number of rotatable bonds is 3. The van der Waals surface area contributed by atoms with Crippen molar-refractivity contribution in [3.8, 4) is 5.75 Å². The van der Waals surface area contributed by atoms with Crippen molar-refractivity contribution in [3.05, 3.63) is 64.1 Å². The molecule has 0 saturated heterocycles. The lowest BCUT2D eigenvalue weighted by atomic mass is 9.96. The van der Waals surface area contributed by atoms with Crippen LogP contribution in [0, 0.1) is 0 Å². The van der Waals surface area contributed by atoms with Gasteiger partial charge in [-0.1, -0.05) is 6.07 Å². The minimum atomic E-state index is -0.816. The van der Waals surface area contributed by atoms with Crippen molar-refractivity contribution in [2.75, 3.05) is 4.90 Å². The molecule has 0 radical (unpaired) electrons. The molecule has 0 spiro atoms. The Balaban J connectivity index is 1.91. The number of halogens is 1. The van der Waals surface area contributed by atoms with Crippen molar-refractivity contribution in [2.45, 2.75) is 13.0 Å². The standard InChI is InChI=1S/C19H14BrN3O4/c1-9(24)16-17(10-2-5-15(25)12(20)6-10)23(19(27)18(16)26)11-3-4-13-14(7-11)22-8-21-13/h2-8,17,25-26H,1H3,(H,21,22). The van der Waals surface area contributed by atoms with E-state index in [0.29, 0.717) is 21.2 Å². The predicted molar refractivity (Wildman–Crippen MR) is 102 cm³/mol. The summed E-state index contributed by atoms with van der Waals surface area (Å²) in [5.41, 5.74) is 2.54. The number of Topliss-reactive ketones (excluding diaryl/α,β-unsaturated/α-hetero) is 1. The lowest BCUT2D eigenvalue weighted by Crippen LogP contribution is -2.30. The maximum atomic E-state index is 12.8. The van der Waals surface area contributed by atoms with E-state index in [0.717, 1.165) is 5.52 Å². The van der Waals surface area contributed by atoms with Crippen LogP contribution >= 0.6 is 15.9 Å². The molecule has 1 aliphatic heterocycles. The quantitative estimate of drug-likeness (QED) is 0.592. The van der Waals surface area contributed by atoms with Crippen LogP contribution < -0.4 is 4.90 Å². The number of ketones is 1. The average Bonchev–Trinajstić information content (AvgIpc) is 3.20. The molecule has 2 heterocycles. The van der Waals surface area contributed by atoms with E-state index >= 15 is 0 Å². The molecule has 3 N–H and O–H groups in total. The maximum Gasteiger partial charge on any atom is 0.294 e. The van der Waals surface area contributed by atoms with E-state index in [1.807, 2.05) is 0 Å². The molecule has 1 amide bonds. The van der Waals surface area contributed by atoms with Gasteiger partial charge < -0.3 is 15.2 Å². The summed E-state index contributed by atoms with van der Waals surface area (Å²) in [4.78, 5) is 33.6. The molecule has 7 nitrogen and oxygen atoms in total. The van der Waals surface area contributed by atoms with Crippen LogP contribution in [0.15, 0.2) is 58.5 Å². The summed E-state index contributed by atoms with van der Waals surface area (Å²) in [5, 5.41) is 20.1. The second-order valence-electron chi connectivity index (χ2n) is 6.21. The fraction of sp³-hybridized carbons (Fsp3) is 0.105. The maximum absolute atomic E-state index is 12.8. The first-order valence-corrected chi connectivity index (χ1v) is 8.87. The first kappa shape index (κ1) is 17.3. The first-order valence-electron chi connectivity index (χ1n) is 8.07. The SMILES string of the molecule is CC(=O)C1=C(O)C(=O)N(c2ccc3[nH]cnc3c2)C1c1ccc(O)c(Br)c1. The number of aromatic hydroxyl groups is 1. The second-order valence-corrected chi connectivity index (χ2v) is 7.07. The zero-order valence-electron chi connectivity index (χ0n) is 14.1. The van der Waals surface area contributed by atoms with Gasteiger partial charge in [0.05, 0.1) is 33.4 Å². The number of aromatic nitrogens is 2. The molecule has 2 aromatic carbocycles. The van der Waals surface area contributed by atoms with E-state index in [1.54, 1.807) is 36.7 Å². The fourth-order valence-electron chi connectivity index (χ4n) is 3.31. The van der Waals surface area contributed by atoms with Crippen LogP contribution in [0.25, 0.3) is 11.0 Å². The average molecular weight is 428 g/mol. The molecule has 27 heavy (non-hydrogen) atoms. The molecule has 0 fully saturated rings. The number of H-pyrrole nitrogens is 1. The number of carbonyl (C=O) groups is 2. The van der Waals surface area contributed by atoms with Crippen LogP contribution in [0.2, 0.25) is 0 Å². The summed E-state index contributed by atoms with van der Waals surface area (Å²) >= 11 is 3.25. The van der Waals surface area contributed by atoms with E-state index in [1.165, 1.54) is 17.9 Å². The van der Waals surface area contributed by atoms with E-state index in [9.17, 15) is 19.8 Å². The summed E-state index contributed by atoms with van der Waals surface area (Å²) in [6.45, 7) is 1.31. The fourth-order valence-corrected chi connectivity index (χ4v) is 3.71. The molecule has 1 unspecified atom stereocenters. The molecule has 1 aliphatic rings. The van der Waals surface area contributed by atoms with Gasteiger partial charge in [0.15, 0.2) is 11.5 Å². The van der Waals surface area contributed by atoms with Crippen molar-refractivity contribution in [2.24, 2.45) is 0 Å². The van der Waals surface area contributed by atoms with Gasteiger partial charge in [-0.25, -0.2) is 4.98 Å². The third-order valence-corrected chi connectivity index (χ3v) is 5.19. The number of aromatic amines is 1. The van der Waals surface area contributed by atoms with E-state index in [-0.39, 0.29) is 11.3 Å². The molecule has 0 aliphatic carbocycles. The van der Waals surface area contributed by atoms with Crippen molar-refractivity contribution in [1.82, 2.24) is 9.97 Å². The molecule has 0 saturated carbocycles. The molecule has 1 atom stereocenters. The number of nitrogens with one attached hydrogen (secondary N) is 1. The highest BCUT2D eigenvalue weighted by Crippen LogP contribution is 2.42. The van der Waals surface area contributed by atoms with E-state index in [4.69, 9.17) is 0 Å². The number of hydrogen-bond acceptors (Lipinski definition) is 5. The first-order chi connectivity index (χ1) is 12.9. The van der Waals surface area contributed by atoms with Gasteiger partial charge in [0, 0.05) is 5.69 Å². The molecule has 3 aromatic rings. The van der Waals surface area contributed by atoms with Gasteiger partial charge in [-0.05, 0) is 58.7 Å². The number of anilines is 1. The molecule has 8 heteroatoms. The largest absolute Gasteiger partial charge is 0.507 e. The minimum Gasteiger partial charge on any atom is -0.507 e. The summed E-state index contributed by atoms with van der Waals surface area (Å²) in [5.74, 6) is -1.60. The zero-order chi connectivity index (χ0) is 19.3. The predicted octanol–water partition coefficient (Wildman–Crippen LogP) is 3.52. The highest BCUT2D eigenvalue weighted by atomic mass is 79.9. The van der Waals surface area contributed by atoms with Gasteiger partial charge in [-0.3, -0.25) is 14.5 Å². The molecule has 1 aromatic heterocycles. The third-order valence-electron chi connectivity index (χ3n) is 4.56. The number of nitrogens with zero attached hydrogens (tertiary/aromatic N) is 2. The number of imidazole rings is 1. The molecule has 0 bridgehead atoms. The Bertz CT molecular complexity index is 1130. The number of aliphatic hydroxyl groups excluding tert-OH is 1. The van der Waals surface area contributed by atoms with Crippen molar-refractivity contribution < 1.29 is 19.8 Å². The van der Waals surface area contributed by atoms with Gasteiger partial charge in [0.1, 0.15) is 5.75 Å². The highest BCUT2D eigenvalue weighted by molar-refractivity contribution is 9.10. The van der Waals surface area contributed by atoms with Crippen molar-refractivity contribution in [3.63, 3.8) is 0 Å². The molecular weight excluding hydrogens is 414 g/mol. The Labute approximate surface area is 162 Å². The second kappa shape index (κ2) is 6.24. The Hall–Kier alpha value is -3.13. The Morgan fingerprint density at radius 1 is 1.22 bits per heavy atom. The topological polar surface area (TPSA) is 107 Å².